The molecule has 0 saturated carbocycles. The number of benzene rings is 1. The topological polar surface area (TPSA) is 55.6 Å². The van der Waals surface area contributed by atoms with Crippen molar-refractivity contribution in [2.45, 2.75) is 19.4 Å². The first-order chi connectivity index (χ1) is 9.15. The van der Waals surface area contributed by atoms with Gasteiger partial charge in [-0.25, -0.2) is 0 Å². The summed E-state index contributed by atoms with van der Waals surface area (Å²) in [6.45, 7) is 5.30. The first-order valence-corrected chi connectivity index (χ1v) is 6.82. The van der Waals surface area contributed by atoms with Gasteiger partial charge in [-0.3, -0.25) is 9.69 Å². The van der Waals surface area contributed by atoms with E-state index in [1.807, 2.05) is 6.07 Å². The van der Waals surface area contributed by atoms with Gasteiger partial charge in [0.25, 0.3) is 0 Å². The Morgan fingerprint density at radius 2 is 2.21 bits per heavy atom. The van der Waals surface area contributed by atoms with Crippen LogP contribution < -0.4 is 5.73 Å². The number of rotatable bonds is 5. The minimum atomic E-state index is -0.447. The molecule has 1 fully saturated rings. The minimum absolute atomic E-state index is 0.361. The van der Waals surface area contributed by atoms with E-state index in [4.69, 9.17) is 10.5 Å². The van der Waals surface area contributed by atoms with Crippen molar-refractivity contribution in [2.24, 2.45) is 11.7 Å². The monoisotopic (exact) mass is 262 g/mol. The standard InChI is InChI=1S/C15H22N2O2/c1-12(9-13-5-3-2-4-6-13)10-17-7-8-19-14(11-17)15(16)18/h2-6,12,14H,7-11H2,1H3,(H2,16,18)/t12-,14-/m0/s1. The summed E-state index contributed by atoms with van der Waals surface area (Å²) in [6, 6.07) is 10.5. The second kappa shape index (κ2) is 6.68. The van der Waals surface area contributed by atoms with Gasteiger partial charge in [-0.05, 0) is 17.9 Å². The quantitative estimate of drug-likeness (QED) is 0.863. The zero-order chi connectivity index (χ0) is 13.7. The van der Waals surface area contributed by atoms with Gasteiger partial charge in [0.15, 0.2) is 0 Å². The molecular formula is C15H22N2O2. The Balaban J connectivity index is 1.82. The molecule has 0 aliphatic carbocycles. The van der Waals surface area contributed by atoms with E-state index in [-0.39, 0.29) is 5.91 Å². The molecule has 4 heteroatoms. The Morgan fingerprint density at radius 1 is 1.47 bits per heavy atom. The number of carbonyl (C=O) groups excluding carboxylic acids is 1. The van der Waals surface area contributed by atoms with Crippen molar-refractivity contribution in [3.05, 3.63) is 35.9 Å². The summed E-state index contributed by atoms with van der Waals surface area (Å²) < 4.78 is 5.35. The van der Waals surface area contributed by atoms with Crippen LogP contribution in [-0.4, -0.2) is 43.2 Å². The van der Waals surface area contributed by atoms with Crippen LogP contribution in [0.1, 0.15) is 12.5 Å². The highest BCUT2D eigenvalue weighted by molar-refractivity contribution is 5.79. The molecule has 4 nitrogen and oxygen atoms in total. The van der Waals surface area contributed by atoms with Crippen LogP contribution in [0.2, 0.25) is 0 Å². The fourth-order valence-electron chi connectivity index (χ4n) is 2.56. The van der Waals surface area contributed by atoms with Gasteiger partial charge in [0.2, 0.25) is 5.91 Å². The number of hydrogen-bond donors (Lipinski definition) is 1. The second-order valence-electron chi connectivity index (χ2n) is 5.32. The Labute approximate surface area is 114 Å². The van der Waals surface area contributed by atoms with Crippen molar-refractivity contribution in [2.75, 3.05) is 26.2 Å². The van der Waals surface area contributed by atoms with E-state index in [1.54, 1.807) is 0 Å². The molecule has 1 aromatic carbocycles. The normalized spacial score (nSPS) is 22.1. The fraction of sp³-hybridized carbons (Fsp3) is 0.533. The first kappa shape index (κ1) is 14.0. The molecule has 2 atom stereocenters. The highest BCUT2D eigenvalue weighted by Crippen LogP contribution is 2.12. The molecule has 0 spiro atoms. The molecule has 19 heavy (non-hydrogen) atoms. The molecular weight excluding hydrogens is 240 g/mol. The van der Waals surface area contributed by atoms with Crippen molar-refractivity contribution >= 4 is 5.91 Å². The van der Waals surface area contributed by atoms with E-state index in [0.717, 1.165) is 19.5 Å². The molecule has 1 aliphatic rings. The Bertz CT molecular complexity index is 408. The molecule has 1 amide bonds. The molecule has 0 aromatic heterocycles. The maximum atomic E-state index is 11.1. The predicted molar refractivity (Wildman–Crippen MR) is 74.7 cm³/mol. The number of amides is 1. The van der Waals surface area contributed by atoms with Crippen LogP contribution in [0.4, 0.5) is 0 Å². The average Bonchev–Trinajstić information content (AvgIpc) is 2.40. The van der Waals surface area contributed by atoms with Crippen molar-refractivity contribution in [1.82, 2.24) is 4.90 Å². The lowest BCUT2D eigenvalue weighted by molar-refractivity contribution is -0.135. The molecule has 2 N–H and O–H groups in total. The summed E-state index contributed by atoms with van der Waals surface area (Å²) in [6.07, 6.45) is 0.608. The largest absolute Gasteiger partial charge is 0.367 e. The molecule has 1 aliphatic heterocycles. The number of ether oxygens (including phenoxy) is 1. The molecule has 0 radical (unpaired) electrons. The van der Waals surface area contributed by atoms with E-state index in [9.17, 15) is 4.79 Å². The van der Waals surface area contributed by atoms with Gasteiger partial charge in [-0.15, -0.1) is 0 Å². The highest BCUT2D eigenvalue weighted by atomic mass is 16.5. The summed E-state index contributed by atoms with van der Waals surface area (Å²) in [5, 5.41) is 0. The lowest BCUT2D eigenvalue weighted by Gasteiger charge is -2.33. The third-order valence-electron chi connectivity index (χ3n) is 3.46. The summed E-state index contributed by atoms with van der Waals surface area (Å²) in [5.41, 5.74) is 6.65. The van der Waals surface area contributed by atoms with Gasteiger partial charge < -0.3 is 10.5 Å². The lowest BCUT2D eigenvalue weighted by Crippen LogP contribution is -2.49. The highest BCUT2D eigenvalue weighted by Gasteiger charge is 2.25. The predicted octanol–water partition coefficient (Wildman–Crippen LogP) is 1.05. The first-order valence-electron chi connectivity index (χ1n) is 6.82. The number of carbonyl (C=O) groups is 1. The number of morpholine rings is 1. The zero-order valence-electron chi connectivity index (χ0n) is 11.4. The van der Waals surface area contributed by atoms with Gasteiger partial charge in [0.1, 0.15) is 6.10 Å². The minimum Gasteiger partial charge on any atom is -0.367 e. The van der Waals surface area contributed by atoms with Crippen molar-refractivity contribution in [3.63, 3.8) is 0 Å². The summed E-state index contributed by atoms with van der Waals surface area (Å²) in [5.74, 6) is 0.189. The van der Waals surface area contributed by atoms with E-state index < -0.39 is 6.10 Å². The van der Waals surface area contributed by atoms with Crippen molar-refractivity contribution in [1.29, 1.82) is 0 Å². The van der Waals surface area contributed by atoms with Gasteiger partial charge in [-0.2, -0.15) is 0 Å². The van der Waals surface area contributed by atoms with Crippen LogP contribution in [0.5, 0.6) is 0 Å². The molecule has 0 bridgehead atoms. The third-order valence-corrected chi connectivity index (χ3v) is 3.46. The second-order valence-corrected chi connectivity index (χ2v) is 5.32. The molecule has 0 unspecified atom stereocenters. The van der Waals surface area contributed by atoms with Crippen molar-refractivity contribution in [3.8, 4) is 0 Å². The maximum absolute atomic E-state index is 11.1. The molecule has 1 aromatic rings. The Kier molecular flexibility index (Phi) is 4.93. The number of nitrogens with two attached hydrogens (primary N) is 1. The molecule has 104 valence electrons. The Morgan fingerprint density at radius 3 is 2.89 bits per heavy atom. The van der Waals surface area contributed by atoms with E-state index >= 15 is 0 Å². The maximum Gasteiger partial charge on any atom is 0.247 e. The average molecular weight is 262 g/mol. The Hall–Kier alpha value is -1.39. The van der Waals surface area contributed by atoms with Gasteiger partial charge in [0.05, 0.1) is 6.61 Å². The van der Waals surface area contributed by atoms with Crippen LogP contribution in [0, 0.1) is 5.92 Å². The van der Waals surface area contributed by atoms with E-state index in [0.29, 0.717) is 19.1 Å². The molecule has 2 rings (SSSR count). The van der Waals surface area contributed by atoms with Crippen LogP contribution in [0.3, 0.4) is 0 Å². The summed E-state index contributed by atoms with van der Waals surface area (Å²) in [7, 11) is 0. The number of hydrogen-bond acceptors (Lipinski definition) is 3. The van der Waals surface area contributed by atoms with Crippen molar-refractivity contribution < 1.29 is 9.53 Å². The van der Waals surface area contributed by atoms with Crippen LogP contribution in [-0.2, 0) is 16.0 Å². The lowest BCUT2D eigenvalue weighted by atomic mass is 10.0. The number of nitrogens with zero attached hydrogens (tertiary/aromatic N) is 1. The van der Waals surface area contributed by atoms with Crippen LogP contribution >= 0.6 is 0 Å². The van der Waals surface area contributed by atoms with Gasteiger partial charge in [0, 0.05) is 19.6 Å². The van der Waals surface area contributed by atoms with E-state index in [2.05, 4.69) is 36.1 Å². The van der Waals surface area contributed by atoms with Crippen LogP contribution in [0.25, 0.3) is 0 Å². The number of primary amides is 1. The van der Waals surface area contributed by atoms with Gasteiger partial charge in [-0.1, -0.05) is 37.3 Å². The summed E-state index contributed by atoms with van der Waals surface area (Å²) in [4.78, 5) is 13.4. The van der Waals surface area contributed by atoms with Gasteiger partial charge >= 0.3 is 0 Å². The third kappa shape index (κ3) is 4.33. The molecule has 1 heterocycles. The smallest absolute Gasteiger partial charge is 0.247 e. The van der Waals surface area contributed by atoms with E-state index in [1.165, 1.54) is 5.56 Å². The molecule has 1 saturated heterocycles. The fourth-order valence-corrected chi connectivity index (χ4v) is 2.56. The summed E-state index contributed by atoms with van der Waals surface area (Å²) >= 11 is 0. The van der Waals surface area contributed by atoms with Crippen LogP contribution in [0.15, 0.2) is 30.3 Å². The SMILES string of the molecule is C[C@@H](Cc1ccccc1)CN1CCO[C@H](C(N)=O)C1. The zero-order valence-corrected chi connectivity index (χ0v) is 11.4.